The van der Waals surface area contributed by atoms with Gasteiger partial charge in [-0.25, -0.2) is 4.79 Å². The second-order valence-electron chi connectivity index (χ2n) is 11.3. The van der Waals surface area contributed by atoms with Crippen LogP contribution in [0.1, 0.15) is 114 Å². The number of Topliss-reactive ketones (excluding diaryl/α,β-unsaturated/α-hetero) is 1. The summed E-state index contributed by atoms with van der Waals surface area (Å²) in [5.74, 6) is 6.14. The van der Waals surface area contributed by atoms with Crippen LogP contribution >= 0.6 is 11.3 Å². The van der Waals surface area contributed by atoms with Crippen molar-refractivity contribution in [1.29, 1.82) is 0 Å². The highest BCUT2D eigenvalue weighted by Crippen LogP contribution is 2.38. The molecule has 0 atom stereocenters. The molecule has 36 heavy (non-hydrogen) atoms. The van der Waals surface area contributed by atoms with E-state index in [1.807, 2.05) is 27.7 Å². The second kappa shape index (κ2) is 13.4. The molecule has 2 fully saturated rings. The zero-order chi connectivity index (χ0) is 27.0. The number of nitrogens with zero attached hydrogens (tertiary/aromatic N) is 1. The first-order valence-corrected chi connectivity index (χ1v) is 14.0. The average molecular weight is 518 g/mol. The van der Waals surface area contributed by atoms with Gasteiger partial charge in [0.1, 0.15) is 10.7 Å². The summed E-state index contributed by atoms with van der Waals surface area (Å²) >= 11 is 1.15. The number of carbonyl (C=O) groups is 3. The number of aliphatic hydroxyl groups excluding tert-OH is 1. The fraction of sp³-hybridized carbons (Fsp3) is 0.690. The molecule has 200 valence electrons. The lowest BCUT2D eigenvalue weighted by atomic mass is 9.81. The number of carbonyl (C=O) groups excluding carboxylic acids is 2. The van der Waals surface area contributed by atoms with Crippen LogP contribution in [0.4, 0.5) is 5.69 Å². The molecule has 6 nitrogen and oxygen atoms in total. The predicted molar refractivity (Wildman–Crippen MR) is 145 cm³/mol. The van der Waals surface area contributed by atoms with E-state index in [1.165, 1.54) is 0 Å². The topological polar surface area (TPSA) is 94.9 Å². The van der Waals surface area contributed by atoms with Gasteiger partial charge in [0.25, 0.3) is 0 Å². The van der Waals surface area contributed by atoms with Gasteiger partial charge in [-0.2, -0.15) is 0 Å². The van der Waals surface area contributed by atoms with Crippen molar-refractivity contribution in [2.75, 3.05) is 4.90 Å². The molecule has 2 aliphatic carbocycles. The van der Waals surface area contributed by atoms with Crippen molar-refractivity contribution >= 4 is 34.7 Å². The van der Waals surface area contributed by atoms with Gasteiger partial charge in [-0.05, 0) is 91.0 Å². The molecule has 0 unspecified atom stereocenters. The van der Waals surface area contributed by atoms with Crippen LogP contribution in [0.15, 0.2) is 6.07 Å². The maximum absolute atomic E-state index is 13.7. The minimum atomic E-state index is -1.02. The number of ketones is 1. The standard InChI is InChI=1S/C25H35NO4S.C4H8O/c1-16-5-7-17(8-6-16)23(28)26(18-9-11-19(27)12-10-18)21-15-20(13-14-25(2,3)4)31-22(21)24(29)30;1-3-4(2)5/h15-19,27H,5-12H2,1-4H3,(H,29,30);3H2,1-2H3. The van der Waals surface area contributed by atoms with Crippen LogP contribution in [0.25, 0.3) is 0 Å². The summed E-state index contributed by atoms with van der Waals surface area (Å²) in [5, 5.41) is 19.9. The van der Waals surface area contributed by atoms with Gasteiger partial charge in [0, 0.05) is 23.8 Å². The Labute approximate surface area is 220 Å². The highest BCUT2D eigenvalue weighted by atomic mass is 32.1. The highest BCUT2D eigenvalue weighted by molar-refractivity contribution is 7.15. The second-order valence-corrected chi connectivity index (χ2v) is 12.4. The summed E-state index contributed by atoms with van der Waals surface area (Å²) < 4.78 is 0. The number of carboxylic acids is 1. The third-order valence-corrected chi connectivity index (χ3v) is 7.89. The van der Waals surface area contributed by atoms with Crippen molar-refractivity contribution in [3.05, 3.63) is 15.8 Å². The maximum atomic E-state index is 13.7. The Kier molecular flexibility index (Phi) is 11.2. The van der Waals surface area contributed by atoms with E-state index >= 15 is 0 Å². The van der Waals surface area contributed by atoms with E-state index in [4.69, 9.17) is 0 Å². The van der Waals surface area contributed by atoms with Crippen LogP contribution in [0.5, 0.6) is 0 Å². The third-order valence-electron chi connectivity index (χ3n) is 6.86. The van der Waals surface area contributed by atoms with Crippen molar-refractivity contribution < 1.29 is 24.6 Å². The molecule has 0 bridgehead atoms. The number of hydrogen-bond acceptors (Lipinski definition) is 5. The van der Waals surface area contributed by atoms with Crippen LogP contribution in [0.3, 0.4) is 0 Å². The Morgan fingerprint density at radius 2 is 1.61 bits per heavy atom. The molecule has 2 N–H and O–H groups in total. The van der Waals surface area contributed by atoms with Gasteiger partial charge in [-0.3, -0.25) is 4.79 Å². The molecule has 0 spiro atoms. The van der Waals surface area contributed by atoms with E-state index in [0.29, 0.717) is 48.6 Å². The van der Waals surface area contributed by atoms with Crippen molar-refractivity contribution in [2.24, 2.45) is 17.3 Å². The fourth-order valence-electron chi connectivity index (χ4n) is 4.54. The summed E-state index contributed by atoms with van der Waals surface area (Å²) in [5.41, 5.74) is 0.294. The molecule has 2 aliphatic rings. The molecule has 3 rings (SSSR count). The van der Waals surface area contributed by atoms with Crippen LogP contribution in [-0.4, -0.2) is 40.0 Å². The average Bonchev–Trinajstić information content (AvgIpc) is 3.24. The summed E-state index contributed by atoms with van der Waals surface area (Å²) in [4.78, 5) is 38.3. The Balaban J connectivity index is 0.000000830. The quantitative estimate of drug-likeness (QED) is 0.448. The van der Waals surface area contributed by atoms with Crippen LogP contribution in [-0.2, 0) is 9.59 Å². The maximum Gasteiger partial charge on any atom is 0.348 e. The first-order chi connectivity index (χ1) is 16.8. The Morgan fingerprint density at radius 1 is 1.06 bits per heavy atom. The zero-order valence-corrected chi connectivity index (χ0v) is 23.5. The number of rotatable bonds is 5. The smallest absolute Gasteiger partial charge is 0.348 e. The summed E-state index contributed by atoms with van der Waals surface area (Å²) in [6, 6.07) is 1.72. The molecular weight excluding hydrogens is 474 g/mol. The third kappa shape index (κ3) is 9.05. The SMILES string of the molecule is CC1CCC(C(=O)N(c2cc(C#CC(C)(C)C)sc2C(=O)O)C2CCC(O)CC2)CC1.CCC(C)=O. The van der Waals surface area contributed by atoms with E-state index in [0.717, 1.165) is 37.0 Å². The molecule has 0 saturated heterocycles. The van der Waals surface area contributed by atoms with Crippen molar-refractivity contribution in [3.63, 3.8) is 0 Å². The zero-order valence-electron chi connectivity index (χ0n) is 22.7. The summed E-state index contributed by atoms with van der Waals surface area (Å²) in [6.07, 6.45) is 6.76. The van der Waals surface area contributed by atoms with Gasteiger partial charge in [-0.15, -0.1) is 11.3 Å². The van der Waals surface area contributed by atoms with Crippen molar-refractivity contribution in [1.82, 2.24) is 0 Å². The van der Waals surface area contributed by atoms with Crippen LogP contribution in [0.2, 0.25) is 0 Å². The molecule has 1 heterocycles. The molecular formula is C29H43NO5S. The van der Waals surface area contributed by atoms with Gasteiger partial charge in [0.05, 0.1) is 16.7 Å². The van der Waals surface area contributed by atoms with Crippen molar-refractivity contribution in [3.8, 4) is 11.8 Å². The number of anilines is 1. The Hall–Kier alpha value is -2.17. The molecule has 0 aliphatic heterocycles. The fourth-order valence-corrected chi connectivity index (χ4v) is 5.38. The first-order valence-electron chi connectivity index (χ1n) is 13.2. The largest absolute Gasteiger partial charge is 0.477 e. The molecule has 1 aromatic rings. The van der Waals surface area contributed by atoms with E-state index in [-0.39, 0.29) is 40.0 Å². The first kappa shape index (κ1) is 30.1. The number of aromatic carboxylic acids is 1. The predicted octanol–water partition coefficient (Wildman–Crippen LogP) is 6.29. The van der Waals surface area contributed by atoms with Gasteiger partial charge in [0.2, 0.25) is 5.91 Å². The Morgan fingerprint density at radius 3 is 2.08 bits per heavy atom. The van der Waals surface area contributed by atoms with E-state index in [9.17, 15) is 24.6 Å². The molecule has 1 aromatic heterocycles. The normalized spacial score (nSPS) is 24.0. The minimum absolute atomic E-state index is 0.0453. The van der Waals surface area contributed by atoms with Crippen LogP contribution < -0.4 is 4.90 Å². The summed E-state index contributed by atoms with van der Waals surface area (Å²) in [7, 11) is 0. The molecule has 1 amide bonds. The number of carboxylic acid groups (broad SMARTS) is 1. The minimum Gasteiger partial charge on any atom is -0.477 e. The lowest BCUT2D eigenvalue weighted by molar-refractivity contribution is -0.124. The van der Waals surface area contributed by atoms with E-state index in [2.05, 4.69) is 18.8 Å². The molecule has 7 heteroatoms. The van der Waals surface area contributed by atoms with Gasteiger partial charge in [0.15, 0.2) is 0 Å². The van der Waals surface area contributed by atoms with Crippen LogP contribution in [0, 0.1) is 29.1 Å². The van der Waals surface area contributed by atoms with E-state index in [1.54, 1.807) is 17.9 Å². The lowest BCUT2D eigenvalue weighted by Crippen LogP contribution is -2.47. The number of thiophene rings is 1. The number of amides is 1. The van der Waals surface area contributed by atoms with Gasteiger partial charge >= 0.3 is 5.97 Å². The van der Waals surface area contributed by atoms with Gasteiger partial charge < -0.3 is 19.9 Å². The monoisotopic (exact) mass is 517 g/mol. The molecule has 0 aromatic carbocycles. The highest BCUT2D eigenvalue weighted by Gasteiger charge is 2.37. The van der Waals surface area contributed by atoms with Crippen molar-refractivity contribution in [2.45, 2.75) is 111 Å². The van der Waals surface area contributed by atoms with E-state index < -0.39 is 5.97 Å². The van der Waals surface area contributed by atoms with Gasteiger partial charge in [-0.1, -0.05) is 25.7 Å². The lowest BCUT2D eigenvalue weighted by Gasteiger charge is -2.38. The number of hydrogen-bond donors (Lipinski definition) is 2. The molecule has 2 saturated carbocycles. The molecule has 0 radical (unpaired) electrons. The number of aliphatic hydroxyl groups is 1. The summed E-state index contributed by atoms with van der Waals surface area (Å²) in [6.45, 7) is 11.7. The Bertz CT molecular complexity index is 964.